The van der Waals surface area contributed by atoms with Crippen molar-refractivity contribution < 1.29 is 10.2 Å². The molecule has 0 fully saturated rings. The van der Waals surface area contributed by atoms with Gasteiger partial charge in [0.25, 0.3) is 0 Å². The Morgan fingerprint density at radius 3 is 2.00 bits per heavy atom. The van der Waals surface area contributed by atoms with Crippen LogP contribution in [0.4, 0.5) is 5.69 Å². The summed E-state index contributed by atoms with van der Waals surface area (Å²) in [7, 11) is 0. The molecule has 0 saturated heterocycles. The lowest BCUT2D eigenvalue weighted by atomic mass is 10.1. The van der Waals surface area contributed by atoms with E-state index in [1.807, 2.05) is 54.6 Å². The molecular formula is C14H11NO2. The van der Waals surface area contributed by atoms with Crippen LogP contribution in [0.25, 0.3) is 12.2 Å². The number of rotatable bonds is 4. The molecule has 3 nitrogen and oxygen atoms in total. The van der Waals surface area contributed by atoms with Crippen LogP contribution < -0.4 is 5.48 Å². The van der Waals surface area contributed by atoms with Crippen LogP contribution in [-0.2, 0) is 10.2 Å². The summed E-state index contributed by atoms with van der Waals surface area (Å²) in [5.74, 6) is 0. The van der Waals surface area contributed by atoms with Crippen molar-refractivity contribution in [1.82, 2.24) is 5.48 Å². The molecule has 2 rings (SSSR count). The number of hydrogen-bond acceptors (Lipinski definition) is 1. The van der Waals surface area contributed by atoms with E-state index < -0.39 is 0 Å². The van der Waals surface area contributed by atoms with Gasteiger partial charge in [-0.3, -0.25) is 0 Å². The molecule has 0 saturated carbocycles. The monoisotopic (exact) mass is 225 g/mol. The van der Waals surface area contributed by atoms with E-state index in [1.54, 1.807) is 12.1 Å². The molecule has 84 valence electrons. The third-order valence-electron chi connectivity index (χ3n) is 2.30. The zero-order chi connectivity index (χ0) is 11.9. The average molecular weight is 225 g/mol. The lowest BCUT2D eigenvalue weighted by molar-refractivity contribution is -0.339. The van der Waals surface area contributed by atoms with Crippen molar-refractivity contribution in [2.75, 3.05) is 0 Å². The van der Waals surface area contributed by atoms with Gasteiger partial charge in [-0.15, -0.1) is 0 Å². The summed E-state index contributed by atoms with van der Waals surface area (Å²) < 4.78 is 0. The van der Waals surface area contributed by atoms with Gasteiger partial charge in [-0.05, 0) is 28.5 Å². The first-order chi connectivity index (χ1) is 8.38. The summed E-state index contributed by atoms with van der Waals surface area (Å²) in [6.07, 6.45) is 4.02. The fourth-order valence-electron chi connectivity index (χ4n) is 1.45. The van der Waals surface area contributed by atoms with Gasteiger partial charge in [-0.25, -0.2) is 0 Å². The van der Waals surface area contributed by atoms with Crippen LogP contribution in [0, 0.1) is 0 Å². The Morgan fingerprint density at radius 1 is 0.824 bits per heavy atom. The molecule has 2 aromatic rings. The van der Waals surface area contributed by atoms with E-state index in [0.29, 0.717) is 5.69 Å². The van der Waals surface area contributed by atoms with Gasteiger partial charge in [0.2, 0.25) is 0 Å². The molecule has 0 bridgehead atoms. The minimum absolute atomic E-state index is 0.511. The highest BCUT2D eigenvalue weighted by Crippen LogP contribution is 2.12. The van der Waals surface area contributed by atoms with Crippen LogP contribution in [0.1, 0.15) is 11.1 Å². The van der Waals surface area contributed by atoms with Crippen molar-refractivity contribution in [3.8, 4) is 0 Å². The van der Waals surface area contributed by atoms with Gasteiger partial charge in [0, 0.05) is 0 Å². The molecule has 2 radical (unpaired) electrons. The van der Waals surface area contributed by atoms with Crippen LogP contribution >= 0.6 is 0 Å². The van der Waals surface area contributed by atoms with Gasteiger partial charge in [0.15, 0.2) is 0 Å². The molecule has 0 N–H and O–H groups in total. The second-order valence-electron chi connectivity index (χ2n) is 3.50. The maximum absolute atomic E-state index is 9.81. The first-order valence-corrected chi connectivity index (χ1v) is 5.22. The van der Waals surface area contributed by atoms with Gasteiger partial charge >= 0.3 is 0 Å². The average Bonchev–Trinajstić information content (AvgIpc) is 2.40. The predicted molar refractivity (Wildman–Crippen MR) is 65.4 cm³/mol. The van der Waals surface area contributed by atoms with Crippen molar-refractivity contribution in [3.63, 3.8) is 0 Å². The van der Waals surface area contributed by atoms with Crippen LogP contribution in [-0.4, -0.2) is 0 Å². The van der Waals surface area contributed by atoms with Crippen LogP contribution in [0.5, 0.6) is 0 Å². The SMILES string of the molecule is [O]O[N]c1ccc(/C=C/c2ccccc2)cc1. The van der Waals surface area contributed by atoms with Crippen LogP contribution in [0.3, 0.4) is 0 Å². The first-order valence-electron chi connectivity index (χ1n) is 5.22. The molecule has 0 aliphatic carbocycles. The maximum Gasteiger partial charge on any atom is 0.0938 e. The number of benzene rings is 2. The van der Waals surface area contributed by atoms with E-state index in [9.17, 15) is 5.26 Å². The molecule has 0 aliphatic rings. The lowest BCUT2D eigenvalue weighted by Gasteiger charge is -1.97. The molecule has 0 unspecified atom stereocenters. The van der Waals surface area contributed by atoms with Crippen molar-refractivity contribution >= 4 is 17.8 Å². The van der Waals surface area contributed by atoms with E-state index in [4.69, 9.17) is 0 Å². The Morgan fingerprint density at radius 2 is 1.41 bits per heavy atom. The molecule has 0 aromatic heterocycles. The molecule has 17 heavy (non-hydrogen) atoms. The fraction of sp³-hybridized carbons (Fsp3) is 0. The third kappa shape index (κ3) is 3.45. The fourth-order valence-corrected chi connectivity index (χ4v) is 1.45. The zero-order valence-electron chi connectivity index (χ0n) is 9.11. The standard InChI is InChI=1S/C14H11NO2/c16-17-15-14-10-8-13(9-11-14)7-6-12-4-2-1-3-5-12/h1-11H/b7-6+. The Bertz CT molecular complexity index is 477. The largest absolute Gasteiger partial charge is 0.0978 e. The van der Waals surface area contributed by atoms with E-state index >= 15 is 0 Å². The van der Waals surface area contributed by atoms with Crippen molar-refractivity contribution in [3.05, 3.63) is 65.7 Å². The van der Waals surface area contributed by atoms with E-state index in [-0.39, 0.29) is 0 Å². The maximum atomic E-state index is 9.81. The molecule has 0 spiro atoms. The van der Waals surface area contributed by atoms with Crippen LogP contribution in [0.2, 0.25) is 0 Å². The Kier molecular flexibility index (Phi) is 3.91. The summed E-state index contributed by atoms with van der Waals surface area (Å²) in [5.41, 5.74) is 5.98. The Hall–Kier alpha value is -2.10. The zero-order valence-corrected chi connectivity index (χ0v) is 9.11. The summed E-state index contributed by atoms with van der Waals surface area (Å²) >= 11 is 0. The number of nitrogens with zero attached hydrogens (tertiary/aromatic N) is 1. The molecule has 0 aliphatic heterocycles. The predicted octanol–water partition coefficient (Wildman–Crippen LogP) is 3.37. The van der Waals surface area contributed by atoms with Gasteiger partial charge in [0.1, 0.15) is 0 Å². The molecule has 2 aromatic carbocycles. The lowest BCUT2D eigenvalue weighted by Crippen LogP contribution is -1.92. The molecule has 3 heteroatoms. The van der Waals surface area contributed by atoms with Gasteiger partial charge in [-0.1, -0.05) is 65.1 Å². The van der Waals surface area contributed by atoms with Gasteiger partial charge in [0.05, 0.1) is 5.69 Å². The minimum atomic E-state index is 0.511. The summed E-state index contributed by atoms with van der Waals surface area (Å²) in [6, 6.07) is 17.2. The minimum Gasteiger partial charge on any atom is -0.0978 e. The highest BCUT2D eigenvalue weighted by Gasteiger charge is 1.93. The second kappa shape index (κ2) is 5.84. The highest BCUT2D eigenvalue weighted by molar-refractivity contribution is 5.70. The van der Waals surface area contributed by atoms with Crippen molar-refractivity contribution in [1.29, 1.82) is 0 Å². The van der Waals surface area contributed by atoms with E-state index in [2.05, 4.69) is 10.5 Å². The topological polar surface area (TPSA) is 43.2 Å². The normalized spacial score (nSPS) is 10.6. The van der Waals surface area contributed by atoms with Gasteiger partial charge < -0.3 is 0 Å². The van der Waals surface area contributed by atoms with Crippen molar-refractivity contribution in [2.24, 2.45) is 0 Å². The Labute approximate surface area is 99.9 Å². The smallest absolute Gasteiger partial charge is 0.0938 e. The molecular weight excluding hydrogens is 214 g/mol. The van der Waals surface area contributed by atoms with Gasteiger partial charge in [-0.2, -0.15) is 0 Å². The summed E-state index contributed by atoms with van der Waals surface area (Å²) in [6.45, 7) is 0. The number of hydrogen-bond donors (Lipinski definition) is 0. The molecule has 0 atom stereocenters. The molecule has 0 heterocycles. The van der Waals surface area contributed by atoms with Crippen LogP contribution in [0.15, 0.2) is 54.6 Å². The molecule has 0 amide bonds. The second-order valence-corrected chi connectivity index (χ2v) is 3.50. The third-order valence-corrected chi connectivity index (χ3v) is 2.30. The summed E-state index contributed by atoms with van der Waals surface area (Å²) in [4.78, 5) is 3.45. The highest BCUT2D eigenvalue weighted by atomic mass is 17.2. The van der Waals surface area contributed by atoms with Crippen molar-refractivity contribution in [2.45, 2.75) is 0 Å². The van der Waals surface area contributed by atoms with E-state index in [1.165, 1.54) is 0 Å². The first kappa shape index (κ1) is 11.4. The quantitative estimate of drug-likeness (QED) is 0.447. The summed E-state index contributed by atoms with van der Waals surface area (Å²) in [5, 5.41) is 9.81. The Balaban J connectivity index is 2.06. The van der Waals surface area contributed by atoms with E-state index in [0.717, 1.165) is 11.1 Å².